The lowest BCUT2D eigenvalue weighted by molar-refractivity contribution is -0.123. The highest BCUT2D eigenvalue weighted by Gasteiger charge is 2.46. The molecule has 0 unspecified atom stereocenters. The maximum absolute atomic E-state index is 14.8. The number of benzene rings is 2. The van der Waals surface area contributed by atoms with Crippen molar-refractivity contribution in [2.75, 3.05) is 14.1 Å². The van der Waals surface area contributed by atoms with E-state index < -0.39 is 28.4 Å². The minimum Gasteiger partial charge on any atom is -0.307 e. The highest BCUT2D eigenvalue weighted by molar-refractivity contribution is 5.94. The van der Waals surface area contributed by atoms with Crippen LogP contribution in [0, 0.1) is 17.5 Å². The number of halogens is 3. The first-order chi connectivity index (χ1) is 12.3. The van der Waals surface area contributed by atoms with Gasteiger partial charge in [0.15, 0.2) is 11.6 Å². The van der Waals surface area contributed by atoms with Crippen molar-refractivity contribution in [2.24, 2.45) is 0 Å². The highest BCUT2D eigenvalue weighted by atomic mass is 19.2. The Hall–Kier alpha value is -2.14. The van der Waals surface area contributed by atoms with E-state index in [-0.39, 0.29) is 24.7 Å². The fraction of sp³-hybridized carbons (Fsp3) is 0.381. The number of Topliss-reactive ketones (excluding diaryl/α,β-unsaturated/α-hetero) is 1. The van der Waals surface area contributed by atoms with Crippen LogP contribution < -0.4 is 0 Å². The van der Waals surface area contributed by atoms with Gasteiger partial charge in [-0.2, -0.15) is 0 Å². The fourth-order valence-electron chi connectivity index (χ4n) is 3.35. The maximum Gasteiger partial charge on any atom is 0.166 e. The summed E-state index contributed by atoms with van der Waals surface area (Å²) in [4.78, 5) is 15.0. The molecule has 0 bridgehead atoms. The summed E-state index contributed by atoms with van der Waals surface area (Å²) in [5.41, 5.74) is -1.65. The van der Waals surface area contributed by atoms with Gasteiger partial charge in [0, 0.05) is 18.0 Å². The van der Waals surface area contributed by atoms with Crippen LogP contribution in [0.4, 0.5) is 13.2 Å². The third-order valence-electron chi connectivity index (χ3n) is 5.02. The lowest BCUT2D eigenvalue weighted by Crippen LogP contribution is -2.44. The monoisotopic (exact) mass is 363 g/mol. The van der Waals surface area contributed by atoms with Crippen LogP contribution in [0.5, 0.6) is 0 Å². The highest BCUT2D eigenvalue weighted by Crippen LogP contribution is 2.42. The van der Waals surface area contributed by atoms with E-state index in [9.17, 15) is 18.0 Å². The van der Waals surface area contributed by atoms with Crippen LogP contribution in [0.1, 0.15) is 37.8 Å². The van der Waals surface area contributed by atoms with E-state index in [1.165, 1.54) is 0 Å². The summed E-state index contributed by atoms with van der Waals surface area (Å²) in [5, 5.41) is 0. The number of carbonyl (C=O) groups is 1. The lowest BCUT2D eigenvalue weighted by Gasteiger charge is -2.37. The molecule has 2 rings (SSSR count). The average Bonchev–Trinajstić information content (AvgIpc) is 2.63. The van der Waals surface area contributed by atoms with Gasteiger partial charge in [0.05, 0.1) is 5.41 Å². The molecule has 2 nitrogen and oxygen atoms in total. The first-order valence-corrected chi connectivity index (χ1v) is 8.64. The standard InChI is InChI=1S/C21H24F3NO/c1-5-18(26)21(13-14(2)25(3)4,15-9-7-6-8-10-15)19-16(22)11-12-17(23)20(19)24/h6-12,14H,5,13H2,1-4H3/t14-,21-/m0/s1. The predicted octanol–water partition coefficient (Wildman–Crippen LogP) is 4.71. The molecule has 5 heteroatoms. The molecule has 0 aliphatic rings. The van der Waals surface area contributed by atoms with E-state index in [0.29, 0.717) is 5.56 Å². The molecule has 0 fully saturated rings. The second kappa shape index (κ2) is 8.04. The van der Waals surface area contributed by atoms with Gasteiger partial charge in [0.2, 0.25) is 0 Å². The normalized spacial score (nSPS) is 14.9. The van der Waals surface area contributed by atoms with E-state index in [0.717, 1.165) is 12.1 Å². The Morgan fingerprint density at radius 2 is 1.62 bits per heavy atom. The van der Waals surface area contributed by atoms with Gasteiger partial charge in [-0.3, -0.25) is 4.79 Å². The van der Waals surface area contributed by atoms with Crippen molar-refractivity contribution in [3.8, 4) is 0 Å². The quantitative estimate of drug-likeness (QED) is 0.664. The zero-order chi connectivity index (χ0) is 19.5. The molecule has 0 N–H and O–H groups in total. The molecule has 0 radical (unpaired) electrons. The van der Waals surface area contributed by atoms with Crippen LogP contribution in [0.2, 0.25) is 0 Å². The number of hydrogen-bond donors (Lipinski definition) is 0. The Morgan fingerprint density at radius 3 is 2.15 bits per heavy atom. The van der Waals surface area contributed by atoms with Crippen LogP contribution >= 0.6 is 0 Å². The zero-order valence-electron chi connectivity index (χ0n) is 15.5. The van der Waals surface area contributed by atoms with Crippen LogP contribution in [0.25, 0.3) is 0 Å². The largest absolute Gasteiger partial charge is 0.307 e. The summed E-state index contributed by atoms with van der Waals surface area (Å²) in [7, 11) is 3.66. The lowest BCUT2D eigenvalue weighted by atomic mass is 9.66. The van der Waals surface area contributed by atoms with Gasteiger partial charge in [-0.25, -0.2) is 13.2 Å². The number of hydrogen-bond acceptors (Lipinski definition) is 2. The molecule has 0 amide bonds. The van der Waals surface area contributed by atoms with Crippen LogP contribution in [-0.2, 0) is 10.2 Å². The molecule has 2 aromatic carbocycles. The van der Waals surface area contributed by atoms with Crippen LogP contribution in [-0.4, -0.2) is 30.8 Å². The summed E-state index contributed by atoms with van der Waals surface area (Å²) in [6.45, 7) is 3.52. The second-order valence-electron chi connectivity index (χ2n) is 6.78. The van der Waals surface area contributed by atoms with E-state index in [1.807, 2.05) is 25.9 Å². The average molecular weight is 363 g/mol. The number of rotatable bonds is 7. The SMILES string of the molecule is CCC(=O)[C@](C[C@H](C)N(C)C)(c1ccccc1)c1c(F)ccc(F)c1F. The van der Waals surface area contributed by atoms with Crippen molar-refractivity contribution in [2.45, 2.75) is 38.1 Å². The Kier molecular flexibility index (Phi) is 6.24. The topological polar surface area (TPSA) is 20.3 Å². The summed E-state index contributed by atoms with van der Waals surface area (Å²) >= 11 is 0. The third-order valence-corrected chi connectivity index (χ3v) is 5.02. The minimum atomic E-state index is -1.60. The molecule has 0 spiro atoms. The maximum atomic E-state index is 14.8. The van der Waals surface area contributed by atoms with Crippen molar-refractivity contribution in [3.63, 3.8) is 0 Å². The summed E-state index contributed by atoms with van der Waals surface area (Å²) < 4.78 is 43.6. The zero-order valence-corrected chi connectivity index (χ0v) is 15.5. The van der Waals surface area contributed by atoms with Gasteiger partial charge in [-0.05, 0) is 45.1 Å². The van der Waals surface area contributed by atoms with E-state index in [1.54, 1.807) is 37.3 Å². The van der Waals surface area contributed by atoms with Crippen molar-refractivity contribution in [1.82, 2.24) is 4.90 Å². The van der Waals surface area contributed by atoms with E-state index in [4.69, 9.17) is 0 Å². The summed E-state index contributed by atoms with van der Waals surface area (Å²) in [6.07, 6.45) is 0.207. The van der Waals surface area contributed by atoms with E-state index in [2.05, 4.69) is 0 Å². The molecular formula is C21H24F3NO. The fourth-order valence-corrected chi connectivity index (χ4v) is 3.35. The molecule has 26 heavy (non-hydrogen) atoms. The van der Waals surface area contributed by atoms with Gasteiger partial charge in [0.25, 0.3) is 0 Å². The summed E-state index contributed by atoms with van der Waals surface area (Å²) in [6, 6.07) is 9.97. The van der Waals surface area contributed by atoms with Gasteiger partial charge in [0.1, 0.15) is 11.6 Å². The molecule has 0 aromatic heterocycles. The molecule has 0 aliphatic carbocycles. The molecule has 0 saturated heterocycles. The van der Waals surface area contributed by atoms with Gasteiger partial charge < -0.3 is 4.90 Å². The van der Waals surface area contributed by atoms with Gasteiger partial charge in [-0.1, -0.05) is 37.3 Å². The van der Waals surface area contributed by atoms with Crippen molar-refractivity contribution >= 4 is 5.78 Å². The van der Waals surface area contributed by atoms with E-state index >= 15 is 0 Å². The van der Waals surface area contributed by atoms with Crippen molar-refractivity contribution in [1.29, 1.82) is 0 Å². The molecule has 2 atom stereocenters. The minimum absolute atomic E-state index is 0.0738. The summed E-state index contributed by atoms with van der Waals surface area (Å²) in [5.74, 6) is -3.73. The first kappa shape index (κ1) is 20.2. The third kappa shape index (κ3) is 3.54. The first-order valence-electron chi connectivity index (χ1n) is 8.64. The number of nitrogens with zero attached hydrogens (tertiary/aromatic N) is 1. The molecular weight excluding hydrogens is 339 g/mol. The van der Waals surface area contributed by atoms with Crippen LogP contribution in [0.15, 0.2) is 42.5 Å². The Bertz CT molecular complexity index is 776. The molecule has 0 saturated carbocycles. The molecule has 140 valence electrons. The Morgan fingerprint density at radius 1 is 1.04 bits per heavy atom. The van der Waals surface area contributed by atoms with Gasteiger partial charge in [-0.15, -0.1) is 0 Å². The number of carbonyl (C=O) groups excluding carboxylic acids is 1. The molecule has 0 aliphatic heterocycles. The second-order valence-corrected chi connectivity index (χ2v) is 6.78. The predicted molar refractivity (Wildman–Crippen MR) is 96.6 cm³/mol. The van der Waals surface area contributed by atoms with Crippen molar-refractivity contribution in [3.05, 3.63) is 71.0 Å². The van der Waals surface area contributed by atoms with Crippen LogP contribution in [0.3, 0.4) is 0 Å². The van der Waals surface area contributed by atoms with Crippen molar-refractivity contribution < 1.29 is 18.0 Å². The Labute approximate surface area is 152 Å². The smallest absolute Gasteiger partial charge is 0.166 e. The molecule has 0 heterocycles. The van der Waals surface area contributed by atoms with Gasteiger partial charge >= 0.3 is 0 Å². The number of ketones is 1. The Balaban J connectivity index is 2.88. The molecule has 2 aromatic rings.